The molecule has 2 atom stereocenters. The molecule has 2 amide bonds. The van der Waals surface area contributed by atoms with Gasteiger partial charge in [-0.1, -0.05) is 60.7 Å². The number of aromatic carboxylic acids is 1. The summed E-state index contributed by atoms with van der Waals surface area (Å²) in [5.41, 5.74) is 4.91. The predicted octanol–water partition coefficient (Wildman–Crippen LogP) is 6.28. The molecule has 0 radical (unpaired) electrons. The zero-order chi connectivity index (χ0) is 35.3. The molecule has 2 fully saturated rings. The number of carboxylic acid groups (broad SMARTS) is 1. The molecule has 2 aliphatic heterocycles. The van der Waals surface area contributed by atoms with Crippen molar-refractivity contribution in [1.29, 1.82) is 0 Å². The van der Waals surface area contributed by atoms with Gasteiger partial charge < -0.3 is 35.0 Å². The summed E-state index contributed by atoms with van der Waals surface area (Å²) in [5.74, 6) is -0.873. The van der Waals surface area contributed by atoms with Crippen LogP contribution in [0.3, 0.4) is 0 Å². The number of amides is 2. The van der Waals surface area contributed by atoms with E-state index in [2.05, 4.69) is 20.4 Å². The first-order valence-corrected chi connectivity index (χ1v) is 16.6. The molecular weight excluding hydrogens is 636 g/mol. The Morgan fingerprint density at radius 2 is 1.02 bits per heavy atom. The quantitative estimate of drug-likeness (QED) is 0.165. The number of anilines is 2. The molecular formula is C39H42N4O7. The molecule has 11 heteroatoms. The van der Waals surface area contributed by atoms with Crippen LogP contribution in [0.25, 0.3) is 0 Å². The Hall–Kier alpha value is -5.84. The summed E-state index contributed by atoms with van der Waals surface area (Å²) in [4.78, 5) is 50.4. The molecule has 11 nitrogen and oxygen atoms in total. The third kappa shape index (κ3) is 10.6. The first kappa shape index (κ1) is 35.5. The fourth-order valence-electron chi connectivity index (χ4n) is 5.81. The third-order valence-corrected chi connectivity index (χ3v) is 8.56. The molecule has 4 aromatic carbocycles. The van der Waals surface area contributed by atoms with Crippen molar-refractivity contribution in [3.63, 3.8) is 0 Å². The first-order valence-electron chi connectivity index (χ1n) is 16.6. The second-order valence-electron chi connectivity index (χ2n) is 12.2. The molecule has 260 valence electrons. The van der Waals surface area contributed by atoms with E-state index in [9.17, 15) is 19.2 Å². The van der Waals surface area contributed by atoms with Crippen molar-refractivity contribution in [2.45, 2.75) is 45.1 Å². The van der Waals surface area contributed by atoms with Gasteiger partial charge >= 0.3 is 18.2 Å². The van der Waals surface area contributed by atoms with Crippen LogP contribution in [0, 0.1) is 0 Å². The molecule has 50 heavy (non-hydrogen) atoms. The molecule has 0 bridgehead atoms. The van der Waals surface area contributed by atoms with Crippen molar-refractivity contribution in [1.82, 2.24) is 10.6 Å². The number of rotatable bonds is 10. The SMILES string of the molecule is CC(=O)c1ccc(N2CC[C@@H](NC(=O)OCc3ccccc3)C2)cc1.O=C(N[C@@H]1CCN(c2ccc(C(=O)O)cc2)C1)OCc1ccccc1. The molecule has 0 unspecified atom stereocenters. The van der Waals surface area contributed by atoms with Gasteiger partial charge in [0.2, 0.25) is 0 Å². The van der Waals surface area contributed by atoms with E-state index < -0.39 is 12.1 Å². The number of ketones is 1. The van der Waals surface area contributed by atoms with E-state index in [1.807, 2.05) is 84.9 Å². The third-order valence-electron chi connectivity index (χ3n) is 8.56. The van der Waals surface area contributed by atoms with Gasteiger partial charge in [0.15, 0.2) is 5.78 Å². The van der Waals surface area contributed by atoms with Crippen molar-refractivity contribution in [2.24, 2.45) is 0 Å². The van der Waals surface area contributed by atoms with Crippen molar-refractivity contribution < 1.29 is 33.8 Å². The van der Waals surface area contributed by atoms with Gasteiger partial charge in [0, 0.05) is 43.1 Å². The van der Waals surface area contributed by atoms with Gasteiger partial charge in [-0.05, 0) is 79.4 Å². The Morgan fingerprint density at radius 3 is 1.40 bits per heavy atom. The lowest BCUT2D eigenvalue weighted by Gasteiger charge is -2.19. The van der Waals surface area contributed by atoms with E-state index >= 15 is 0 Å². The van der Waals surface area contributed by atoms with Crippen LogP contribution in [-0.4, -0.2) is 67.3 Å². The maximum absolute atomic E-state index is 11.9. The van der Waals surface area contributed by atoms with Gasteiger partial charge in [-0.3, -0.25) is 4.79 Å². The topological polar surface area (TPSA) is 138 Å². The van der Waals surface area contributed by atoms with Gasteiger partial charge in [0.05, 0.1) is 17.6 Å². The van der Waals surface area contributed by atoms with Crippen LogP contribution in [0.2, 0.25) is 0 Å². The maximum atomic E-state index is 11.9. The lowest BCUT2D eigenvalue weighted by Crippen LogP contribution is -2.37. The number of benzene rings is 4. The van der Waals surface area contributed by atoms with Crippen molar-refractivity contribution in [3.05, 3.63) is 131 Å². The van der Waals surface area contributed by atoms with Crippen LogP contribution in [-0.2, 0) is 22.7 Å². The number of carbonyl (C=O) groups is 4. The molecule has 2 aliphatic rings. The normalized spacial score (nSPS) is 16.5. The number of nitrogens with one attached hydrogen (secondary N) is 2. The lowest BCUT2D eigenvalue weighted by molar-refractivity contribution is 0.0696. The van der Waals surface area contributed by atoms with Crippen LogP contribution in [0.5, 0.6) is 0 Å². The minimum Gasteiger partial charge on any atom is -0.478 e. The van der Waals surface area contributed by atoms with Crippen molar-refractivity contribution in [2.75, 3.05) is 36.0 Å². The number of carboxylic acids is 1. The van der Waals surface area contributed by atoms with E-state index in [1.165, 1.54) is 0 Å². The monoisotopic (exact) mass is 678 g/mol. The lowest BCUT2D eigenvalue weighted by atomic mass is 10.1. The van der Waals surface area contributed by atoms with Crippen molar-refractivity contribution >= 4 is 35.3 Å². The molecule has 0 saturated carbocycles. The molecule has 3 N–H and O–H groups in total. The Kier molecular flexibility index (Phi) is 12.4. The highest BCUT2D eigenvalue weighted by molar-refractivity contribution is 5.94. The summed E-state index contributed by atoms with van der Waals surface area (Å²) >= 11 is 0. The summed E-state index contributed by atoms with van der Waals surface area (Å²) < 4.78 is 10.5. The Morgan fingerprint density at radius 1 is 0.620 bits per heavy atom. The van der Waals surface area contributed by atoms with Gasteiger partial charge in [-0.15, -0.1) is 0 Å². The molecule has 0 spiro atoms. The molecule has 0 aromatic heterocycles. The van der Waals surface area contributed by atoms with E-state index in [0.29, 0.717) is 12.1 Å². The minimum atomic E-state index is -0.936. The number of nitrogens with zero attached hydrogens (tertiary/aromatic N) is 2. The second kappa shape index (κ2) is 17.5. The number of hydrogen-bond acceptors (Lipinski definition) is 8. The maximum Gasteiger partial charge on any atom is 0.407 e. The highest BCUT2D eigenvalue weighted by atomic mass is 16.6. The van der Waals surface area contributed by atoms with E-state index in [1.54, 1.807) is 31.2 Å². The summed E-state index contributed by atoms with van der Waals surface area (Å²) in [6.45, 7) is 5.16. The van der Waals surface area contributed by atoms with E-state index in [0.717, 1.165) is 55.0 Å². The van der Waals surface area contributed by atoms with E-state index in [4.69, 9.17) is 14.6 Å². The molecule has 2 saturated heterocycles. The smallest absolute Gasteiger partial charge is 0.407 e. The van der Waals surface area contributed by atoms with Crippen LogP contribution >= 0.6 is 0 Å². The molecule has 6 rings (SSSR count). The summed E-state index contributed by atoms with van der Waals surface area (Å²) in [6.07, 6.45) is 0.885. The van der Waals surface area contributed by atoms with Crippen molar-refractivity contribution in [3.8, 4) is 0 Å². The number of Topliss-reactive ketones (excluding diaryl/α,β-unsaturated/α-hetero) is 1. The highest BCUT2D eigenvalue weighted by Crippen LogP contribution is 2.22. The van der Waals surface area contributed by atoms with Gasteiger partial charge in [0.25, 0.3) is 0 Å². The molecule has 2 heterocycles. The van der Waals surface area contributed by atoms with Crippen LogP contribution < -0.4 is 20.4 Å². The number of ether oxygens (including phenoxy) is 2. The number of carbonyl (C=O) groups excluding carboxylic acids is 3. The second-order valence-corrected chi connectivity index (χ2v) is 12.2. The zero-order valence-corrected chi connectivity index (χ0v) is 28.0. The van der Waals surface area contributed by atoms with Gasteiger partial charge in [0.1, 0.15) is 13.2 Å². The Bertz CT molecular complexity index is 1590. The minimum absolute atomic E-state index is 0.0161. The summed E-state index contributed by atoms with van der Waals surface area (Å²) in [5, 5.41) is 14.7. The average molecular weight is 679 g/mol. The fourth-order valence-corrected chi connectivity index (χ4v) is 5.81. The predicted molar refractivity (Wildman–Crippen MR) is 191 cm³/mol. The first-order chi connectivity index (χ1) is 24.2. The Balaban J connectivity index is 0.000000194. The molecule has 0 aliphatic carbocycles. The van der Waals surface area contributed by atoms with E-state index in [-0.39, 0.29) is 42.7 Å². The van der Waals surface area contributed by atoms with Crippen LogP contribution in [0.1, 0.15) is 51.6 Å². The molecule has 4 aromatic rings. The van der Waals surface area contributed by atoms with Gasteiger partial charge in [-0.2, -0.15) is 0 Å². The number of hydrogen-bond donors (Lipinski definition) is 3. The van der Waals surface area contributed by atoms with Gasteiger partial charge in [-0.25, -0.2) is 14.4 Å². The zero-order valence-electron chi connectivity index (χ0n) is 28.0. The fraction of sp³-hybridized carbons (Fsp3) is 0.282. The largest absolute Gasteiger partial charge is 0.478 e. The van der Waals surface area contributed by atoms with Crippen LogP contribution in [0.4, 0.5) is 21.0 Å². The average Bonchev–Trinajstić information content (AvgIpc) is 3.81. The Labute approximate surface area is 291 Å². The highest BCUT2D eigenvalue weighted by Gasteiger charge is 2.26. The standard InChI is InChI=1S/C20H22N2O3.C19H20N2O4/c1-15(23)17-7-9-19(10-8-17)22-12-11-18(13-22)21-20(24)25-14-16-5-3-2-4-6-16;22-18(23)15-6-8-17(9-7-15)21-11-10-16(12-21)20-19(24)25-13-14-4-2-1-3-5-14/h2-10,18H,11-14H2,1H3,(H,21,24);1-9,16H,10-13H2,(H,20,24)(H,22,23)/t18-;16-/m11/s1. The number of alkyl carbamates (subject to hydrolysis) is 2. The summed E-state index contributed by atoms with van der Waals surface area (Å²) in [7, 11) is 0. The van der Waals surface area contributed by atoms with Crippen LogP contribution in [0.15, 0.2) is 109 Å². The summed E-state index contributed by atoms with van der Waals surface area (Å²) in [6, 6.07) is 33.6.